The van der Waals surface area contributed by atoms with Crippen molar-refractivity contribution in [3.05, 3.63) is 68.4 Å². The second-order valence-electron chi connectivity index (χ2n) is 5.98. The number of nitrogen functional groups attached to an aromatic ring is 1. The number of benzene rings is 3. The third kappa shape index (κ3) is 2.74. The highest BCUT2D eigenvalue weighted by Crippen LogP contribution is 2.45. The van der Waals surface area contributed by atoms with Gasteiger partial charge in [-0.2, -0.15) is 0 Å². The lowest BCUT2D eigenvalue weighted by atomic mass is 9.91. The van der Waals surface area contributed by atoms with E-state index in [2.05, 4.69) is 31.9 Å². The van der Waals surface area contributed by atoms with Crippen LogP contribution < -0.4 is 11.1 Å². The zero-order valence-electron chi connectivity index (χ0n) is 13.7. The molecule has 7 heteroatoms. The molecule has 0 radical (unpaired) electrons. The highest BCUT2D eigenvalue weighted by molar-refractivity contribution is 9.11. The molecule has 4 N–H and O–H groups in total. The van der Waals surface area contributed by atoms with Gasteiger partial charge in [-0.1, -0.05) is 18.2 Å². The molecule has 0 bridgehead atoms. The Morgan fingerprint density at radius 1 is 1.00 bits per heavy atom. The summed E-state index contributed by atoms with van der Waals surface area (Å²) < 4.78 is 7.16. The van der Waals surface area contributed by atoms with Crippen molar-refractivity contribution in [2.45, 2.75) is 0 Å². The molecule has 4 rings (SSSR count). The van der Waals surface area contributed by atoms with Gasteiger partial charge in [0, 0.05) is 22.2 Å². The number of aromatic carboxylic acids is 1. The van der Waals surface area contributed by atoms with E-state index in [-0.39, 0.29) is 10.9 Å². The number of anilines is 1. The summed E-state index contributed by atoms with van der Waals surface area (Å²) >= 11 is 6.89. The fraction of sp³-hybridized carbons (Fsp3) is 0. The minimum atomic E-state index is -1.02. The van der Waals surface area contributed by atoms with Gasteiger partial charge in [0.15, 0.2) is 11.3 Å². The molecule has 0 aromatic heterocycles. The minimum absolute atomic E-state index is 0.185. The van der Waals surface area contributed by atoms with Crippen molar-refractivity contribution in [2.24, 2.45) is 0 Å². The number of carbonyl (C=O) groups is 1. The zero-order valence-corrected chi connectivity index (χ0v) is 16.9. The number of nitrogens with one attached hydrogen (secondary N) is 1. The number of halogens is 2. The third-order valence-electron chi connectivity index (χ3n) is 4.39. The maximum atomic E-state index is 11.8. The number of rotatable bonds is 2. The molecule has 5 nitrogen and oxygen atoms in total. The van der Waals surface area contributed by atoms with Gasteiger partial charge in [0.25, 0.3) is 0 Å². The van der Waals surface area contributed by atoms with Crippen LogP contribution in [0.15, 0.2) is 61.9 Å². The van der Waals surface area contributed by atoms with E-state index in [0.717, 1.165) is 5.39 Å². The van der Waals surface area contributed by atoms with Crippen molar-refractivity contribution in [3.8, 4) is 22.5 Å². The Morgan fingerprint density at radius 3 is 2.48 bits per heavy atom. The Balaban J connectivity index is 2.29. The van der Waals surface area contributed by atoms with Crippen LogP contribution in [0.4, 0.5) is 5.69 Å². The third-order valence-corrected chi connectivity index (χ3v) is 6.00. The maximum absolute atomic E-state index is 11.8. The highest BCUT2D eigenvalue weighted by Gasteiger charge is 2.24. The maximum Gasteiger partial charge on any atom is 0.336 e. The summed E-state index contributed by atoms with van der Waals surface area (Å²) in [6.07, 6.45) is 0. The van der Waals surface area contributed by atoms with E-state index in [1.165, 1.54) is 0 Å². The molecule has 134 valence electrons. The monoisotopic (exact) mass is 486 g/mol. The van der Waals surface area contributed by atoms with E-state index >= 15 is 0 Å². The molecule has 2 aromatic rings. The molecular formula is C20H12Br2N2O3. The summed E-state index contributed by atoms with van der Waals surface area (Å²) in [7, 11) is 0. The van der Waals surface area contributed by atoms with Gasteiger partial charge in [0.1, 0.15) is 0 Å². The average Bonchev–Trinajstić information content (AvgIpc) is 2.66. The molecule has 0 unspecified atom stereocenters. The van der Waals surface area contributed by atoms with Crippen LogP contribution >= 0.6 is 31.9 Å². The number of fused-ring (bicyclic) bond motifs is 2. The van der Waals surface area contributed by atoms with Gasteiger partial charge < -0.3 is 15.3 Å². The first-order chi connectivity index (χ1) is 12.9. The van der Waals surface area contributed by atoms with E-state index in [1.807, 2.05) is 6.07 Å². The van der Waals surface area contributed by atoms with Crippen LogP contribution in [0.5, 0.6) is 0 Å². The molecule has 1 aliphatic carbocycles. The molecule has 0 spiro atoms. The van der Waals surface area contributed by atoms with Gasteiger partial charge in [-0.15, -0.1) is 0 Å². The van der Waals surface area contributed by atoms with E-state index in [9.17, 15) is 9.90 Å². The van der Waals surface area contributed by atoms with Crippen molar-refractivity contribution >= 4 is 54.5 Å². The standard InChI is InChI=1S/C20H12Br2N2O3/c21-16-13(23)7-5-11-15(9-3-1-2-4-10(9)20(25)26)12-6-8-14(24)17(22)19(12)27-18(11)16/h1-8,23H,24H2,(H,25,26). The largest absolute Gasteiger partial charge is 0.478 e. The number of nitrogens with two attached hydrogens (primary N) is 1. The molecule has 0 saturated carbocycles. The lowest BCUT2D eigenvalue weighted by Gasteiger charge is -2.18. The Labute approximate surface area is 170 Å². The summed E-state index contributed by atoms with van der Waals surface area (Å²) in [5, 5.41) is 18.7. The lowest BCUT2D eigenvalue weighted by Crippen LogP contribution is -2.06. The van der Waals surface area contributed by atoms with Crippen LogP contribution in [0.25, 0.3) is 33.4 Å². The molecule has 1 aliphatic heterocycles. The van der Waals surface area contributed by atoms with Crippen molar-refractivity contribution < 1.29 is 14.3 Å². The number of carboxylic acids is 1. The quantitative estimate of drug-likeness (QED) is 0.257. The fourth-order valence-electron chi connectivity index (χ4n) is 3.15. The number of hydrogen-bond donors (Lipinski definition) is 3. The zero-order chi connectivity index (χ0) is 19.3. The van der Waals surface area contributed by atoms with Gasteiger partial charge in [-0.3, -0.25) is 5.41 Å². The summed E-state index contributed by atoms with van der Waals surface area (Å²) in [5.74, 6) is -0.560. The second-order valence-corrected chi connectivity index (χ2v) is 7.56. The molecule has 0 amide bonds. The molecule has 27 heavy (non-hydrogen) atoms. The molecule has 2 aliphatic rings. The number of carboxylic acid groups (broad SMARTS) is 1. The Bertz CT molecular complexity index is 1260. The van der Waals surface area contributed by atoms with Crippen molar-refractivity contribution in [2.75, 3.05) is 5.73 Å². The molecular weight excluding hydrogens is 476 g/mol. The van der Waals surface area contributed by atoms with E-state index in [1.54, 1.807) is 42.5 Å². The van der Waals surface area contributed by atoms with E-state index < -0.39 is 5.97 Å². The fourth-order valence-corrected chi connectivity index (χ4v) is 4.00. The summed E-state index contributed by atoms with van der Waals surface area (Å²) in [5.41, 5.74) is 9.18. The van der Waals surface area contributed by atoms with Crippen LogP contribution in [0, 0.1) is 5.41 Å². The first kappa shape index (κ1) is 17.8. The molecule has 2 aromatic carbocycles. The molecule has 0 fully saturated rings. The smallest absolute Gasteiger partial charge is 0.336 e. The molecule has 0 atom stereocenters. The van der Waals surface area contributed by atoms with Crippen molar-refractivity contribution in [3.63, 3.8) is 0 Å². The van der Waals surface area contributed by atoms with Crippen molar-refractivity contribution in [1.29, 1.82) is 5.41 Å². The van der Waals surface area contributed by atoms with Gasteiger partial charge in [-0.05, 0) is 67.8 Å². The second kappa shape index (κ2) is 6.51. The molecule has 0 saturated heterocycles. The van der Waals surface area contributed by atoms with Gasteiger partial charge in [-0.25, -0.2) is 4.79 Å². The van der Waals surface area contributed by atoms with Crippen molar-refractivity contribution in [1.82, 2.24) is 0 Å². The van der Waals surface area contributed by atoms with E-state index in [0.29, 0.717) is 42.7 Å². The first-order valence-electron chi connectivity index (χ1n) is 7.90. The first-order valence-corrected chi connectivity index (χ1v) is 9.49. The van der Waals surface area contributed by atoms with Crippen LogP contribution in [-0.4, -0.2) is 11.1 Å². The van der Waals surface area contributed by atoms with Crippen LogP contribution in [0.2, 0.25) is 0 Å². The van der Waals surface area contributed by atoms with Gasteiger partial charge in [0.05, 0.1) is 19.9 Å². The summed E-state index contributed by atoms with van der Waals surface area (Å²) in [6, 6.07) is 13.8. The van der Waals surface area contributed by atoms with E-state index in [4.69, 9.17) is 15.6 Å². The number of hydrogen-bond acceptors (Lipinski definition) is 4. The Kier molecular flexibility index (Phi) is 4.28. The summed E-state index contributed by atoms with van der Waals surface area (Å²) in [4.78, 5) is 11.8. The van der Waals surface area contributed by atoms with Crippen LogP contribution in [0.1, 0.15) is 10.4 Å². The van der Waals surface area contributed by atoms with Crippen LogP contribution in [-0.2, 0) is 0 Å². The van der Waals surface area contributed by atoms with Gasteiger partial charge in [0.2, 0.25) is 0 Å². The Hall–Kier alpha value is -2.64. The molecule has 1 heterocycles. The van der Waals surface area contributed by atoms with Crippen LogP contribution in [0.3, 0.4) is 0 Å². The highest BCUT2D eigenvalue weighted by atomic mass is 79.9. The SMILES string of the molecule is N=c1ccc2c(-c3ccccc3C(=O)O)c3ccc(N)c(Br)c3oc-2c1Br. The summed E-state index contributed by atoms with van der Waals surface area (Å²) in [6.45, 7) is 0. The topological polar surface area (TPSA) is 100 Å². The predicted molar refractivity (Wildman–Crippen MR) is 111 cm³/mol. The minimum Gasteiger partial charge on any atom is -0.478 e. The predicted octanol–water partition coefficient (Wildman–Crippen LogP) is 5.49. The Morgan fingerprint density at radius 2 is 1.74 bits per heavy atom. The lowest BCUT2D eigenvalue weighted by molar-refractivity contribution is 0.0697. The normalized spacial score (nSPS) is 11.2. The average molecular weight is 488 g/mol. The van der Waals surface area contributed by atoms with Gasteiger partial charge >= 0.3 is 5.97 Å².